The van der Waals surface area contributed by atoms with E-state index in [2.05, 4.69) is 20.4 Å². The van der Waals surface area contributed by atoms with E-state index in [-0.39, 0.29) is 30.4 Å². The summed E-state index contributed by atoms with van der Waals surface area (Å²) in [5.41, 5.74) is 0.603. The van der Waals surface area contributed by atoms with Crippen LogP contribution in [0.5, 0.6) is 11.6 Å². The number of ether oxygens (including phenoxy) is 2. The van der Waals surface area contributed by atoms with Gasteiger partial charge in [0, 0.05) is 30.9 Å². The Morgan fingerprint density at radius 1 is 0.964 bits per heavy atom. The van der Waals surface area contributed by atoms with Gasteiger partial charge < -0.3 is 20.1 Å². The van der Waals surface area contributed by atoms with Crippen LogP contribution in [0.3, 0.4) is 0 Å². The number of hydrogen-bond acceptors (Lipinski definition) is 5. The molecular weight excluding hydrogens is 379 g/mol. The lowest BCUT2D eigenvalue weighted by Gasteiger charge is -2.09. The molecule has 0 spiro atoms. The summed E-state index contributed by atoms with van der Waals surface area (Å²) in [7, 11) is 1.52. The van der Waals surface area contributed by atoms with Gasteiger partial charge in [-0.2, -0.15) is 13.2 Å². The normalized spacial score (nSPS) is 10.9. The Labute approximate surface area is 158 Å². The molecule has 0 unspecified atom stereocenters. The van der Waals surface area contributed by atoms with Crippen molar-refractivity contribution in [2.24, 2.45) is 0 Å². The number of pyridine rings is 1. The van der Waals surface area contributed by atoms with Crippen LogP contribution in [-0.2, 0) is 0 Å². The Hall–Kier alpha value is -3.30. The number of nitrogens with one attached hydrogen (secondary N) is 2. The first-order valence-corrected chi connectivity index (χ1v) is 8.14. The zero-order valence-corrected chi connectivity index (χ0v) is 14.9. The number of aromatic nitrogens is 1. The Kier molecular flexibility index (Phi) is 7.19. The molecule has 0 fully saturated rings. The van der Waals surface area contributed by atoms with E-state index in [4.69, 9.17) is 4.74 Å². The van der Waals surface area contributed by atoms with Gasteiger partial charge in [0.05, 0.1) is 12.7 Å². The molecule has 0 atom stereocenters. The fourth-order valence-electron chi connectivity index (χ4n) is 2.05. The van der Waals surface area contributed by atoms with E-state index in [0.717, 1.165) is 6.20 Å². The lowest BCUT2D eigenvalue weighted by Crippen LogP contribution is -2.34. The predicted molar refractivity (Wildman–Crippen MR) is 93.4 cm³/mol. The lowest BCUT2D eigenvalue weighted by molar-refractivity contribution is -0.154. The number of carbonyl (C=O) groups is 2. The van der Waals surface area contributed by atoms with E-state index in [1.807, 2.05) is 0 Å². The lowest BCUT2D eigenvalue weighted by atomic mass is 10.2. The molecule has 0 bridgehead atoms. The quantitative estimate of drug-likeness (QED) is 0.667. The van der Waals surface area contributed by atoms with Crippen molar-refractivity contribution < 1.29 is 32.2 Å². The van der Waals surface area contributed by atoms with Gasteiger partial charge in [0.1, 0.15) is 5.75 Å². The number of hydrogen-bond donors (Lipinski definition) is 2. The minimum absolute atomic E-state index is 0.154. The number of carbonyl (C=O) groups excluding carboxylic acids is 2. The number of methoxy groups -OCH3 is 1. The molecule has 0 radical (unpaired) electrons. The highest BCUT2D eigenvalue weighted by molar-refractivity contribution is 5.95. The van der Waals surface area contributed by atoms with Gasteiger partial charge in [0.2, 0.25) is 5.88 Å². The third kappa shape index (κ3) is 6.78. The van der Waals surface area contributed by atoms with Crippen molar-refractivity contribution in [2.45, 2.75) is 6.18 Å². The maximum absolute atomic E-state index is 12.1. The Balaban J connectivity index is 1.73. The van der Waals surface area contributed by atoms with E-state index in [0.29, 0.717) is 11.3 Å². The first kappa shape index (κ1) is 21.0. The van der Waals surface area contributed by atoms with Crippen molar-refractivity contribution in [2.75, 3.05) is 26.8 Å². The largest absolute Gasteiger partial charge is 0.497 e. The molecule has 2 N–H and O–H groups in total. The minimum Gasteiger partial charge on any atom is -0.497 e. The Bertz CT molecular complexity index is 793. The van der Waals surface area contributed by atoms with Crippen LogP contribution >= 0.6 is 0 Å². The van der Waals surface area contributed by atoms with Gasteiger partial charge in [-0.25, -0.2) is 4.98 Å². The molecule has 2 amide bonds. The van der Waals surface area contributed by atoms with Crippen LogP contribution in [0, 0.1) is 0 Å². The molecule has 1 aromatic heterocycles. The van der Waals surface area contributed by atoms with Gasteiger partial charge >= 0.3 is 6.18 Å². The SMILES string of the molecule is COc1ccc(C(=O)NCCNC(=O)c2ccc(OCC(F)(F)F)nc2)cc1. The molecule has 10 heteroatoms. The second kappa shape index (κ2) is 9.58. The summed E-state index contributed by atoms with van der Waals surface area (Å²) in [4.78, 5) is 27.6. The van der Waals surface area contributed by atoms with Gasteiger partial charge in [-0.1, -0.05) is 0 Å². The van der Waals surface area contributed by atoms with Crippen molar-refractivity contribution >= 4 is 11.8 Å². The maximum atomic E-state index is 12.1. The number of halogens is 3. The molecule has 1 aromatic carbocycles. The molecule has 0 aliphatic carbocycles. The predicted octanol–water partition coefficient (Wildman–Crippen LogP) is 2.19. The summed E-state index contributed by atoms with van der Waals surface area (Å²) in [6, 6.07) is 9.01. The fraction of sp³-hybridized carbons (Fsp3) is 0.278. The second-order valence-electron chi connectivity index (χ2n) is 5.53. The summed E-state index contributed by atoms with van der Waals surface area (Å²) in [6.45, 7) is -1.11. The van der Waals surface area contributed by atoms with Crippen molar-refractivity contribution in [3.63, 3.8) is 0 Å². The molecule has 0 saturated carbocycles. The highest BCUT2D eigenvalue weighted by atomic mass is 19.4. The van der Waals surface area contributed by atoms with Crippen molar-refractivity contribution in [1.29, 1.82) is 0 Å². The average molecular weight is 397 g/mol. The maximum Gasteiger partial charge on any atom is 0.422 e. The Morgan fingerprint density at radius 3 is 2.04 bits per heavy atom. The van der Waals surface area contributed by atoms with Crippen molar-refractivity contribution in [3.8, 4) is 11.6 Å². The average Bonchev–Trinajstić information content (AvgIpc) is 2.69. The Morgan fingerprint density at radius 2 is 1.54 bits per heavy atom. The highest BCUT2D eigenvalue weighted by Crippen LogP contribution is 2.17. The van der Waals surface area contributed by atoms with E-state index in [9.17, 15) is 22.8 Å². The van der Waals surface area contributed by atoms with Gasteiger partial charge in [-0.15, -0.1) is 0 Å². The van der Waals surface area contributed by atoms with E-state index >= 15 is 0 Å². The zero-order chi connectivity index (χ0) is 20.6. The minimum atomic E-state index is -4.46. The monoisotopic (exact) mass is 397 g/mol. The molecule has 150 valence electrons. The third-order valence-electron chi connectivity index (χ3n) is 3.43. The van der Waals surface area contributed by atoms with E-state index in [1.54, 1.807) is 24.3 Å². The number of rotatable bonds is 8. The number of benzene rings is 1. The van der Waals surface area contributed by atoms with Crippen LogP contribution in [0.2, 0.25) is 0 Å². The van der Waals surface area contributed by atoms with E-state index in [1.165, 1.54) is 19.2 Å². The van der Waals surface area contributed by atoms with Crippen LogP contribution in [0.25, 0.3) is 0 Å². The van der Waals surface area contributed by atoms with Crippen molar-refractivity contribution in [3.05, 3.63) is 53.7 Å². The molecule has 0 aliphatic heterocycles. The summed E-state index contributed by atoms with van der Waals surface area (Å²) >= 11 is 0. The van der Waals surface area contributed by atoms with Crippen LogP contribution in [-0.4, -0.2) is 49.8 Å². The molecule has 2 aromatic rings. The molecule has 7 nitrogen and oxygen atoms in total. The van der Waals surface area contributed by atoms with Gasteiger partial charge in [0.25, 0.3) is 11.8 Å². The van der Waals surface area contributed by atoms with Gasteiger partial charge in [-0.05, 0) is 30.3 Å². The standard InChI is InChI=1S/C18H18F3N3O4/c1-27-14-5-2-12(3-6-14)16(25)22-8-9-23-17(26)13-4-7-15(24-10-13)28-11-18(19,20)21/h2-7,10H,8-9,11H2,1H3,(H,22,25)(H,23,26). The summed E-state index contributed by atoms with van der Waals surface area (Å²) in [6.07, 6.45) is -3.36. The summed E-state index contributed by atoms with van der Waals surface area (Å²) in [5, 5.41) is 5.21. The van der Waals surface area contributed by atoms with Crippen LogP contribution in [0.4, 0.5) is 13.2 Å². The molecule has 0 saturated heterocycles. The second-order valence-corrected chi connectivity index (χ2v) is 5.53. The molecular formula is C18H18F3N3O4. The molecule has 2 rings (SSSR count). The van der Waals surface area contributed by atoms with Crippen LogP contribution < -0.4 is 20.1 Å². The van der Waals surface area contributed by atoms with E-state index < -0.39 is 18.7 Å². The number of amides is 2. The summed E-state index contributed by atoms with van der Waals surface area (Å²) < 4.78 is 45.7. The van der Waals surface area contributed by atoms with Crippen LogP contribution in [0.15, 0.2) is 42.6 Å². The first-order chi connectivity index (χ1) is 13.3. The van der Waals surface area contributed by atoms with Gasteiger partial charge in [0.15, 0.2) is 6.61 Å². The summed E-state index contributed by atoms with van der Waals surface area (Å²) in [5.74, 6) is -0.383. The topological polar surface area (TPSA) is 89.6 Å². The number of nitrogens with zero attached hydrogens (tertiary/aromatic N) is 1. The fourth-order valence-corrected chi connectivity index (χ4v) is 2.05. The number of alkyl halides is 3. The third-order valence-corrected chi connectivity index (χ3v) is 3.43. The molecule has 0 aliphatic rings. The highest BCUT2D eigenvalue weighted by Gasteiger charge is 2.28. The molecule has 28 heavy (non-hydrogen) atoms. The van der Waals surface area contributed by atoms with Crippen molar-refractivity contribution in [1.82, 2.24) is 15.6 Å². The zero-order valence-electron chi connectivity index (χ0n) is 14.9. The molecule has 1 heterocycles. The first-order valence-electron chi connectivity index (χ1n) is 8.14. The van der Waals surface area contributed by atoms with Gasteiger partial charge in [-0.3, -0.25) is 9.59 Å². The van der Waals surface area contributed by atoms with Crippen LogP contribution in [0.1, 0.15) is 20.7 Å². The smallest absolute Gasteiger partial charge is 0.422 e.